The number of nitrogens with zero attached hydrogens (tertiary/aromatic N) is 2. The second-order valence-corrected chi connectivity index (χ2v) is 8.14. The number of nitrogens with two attached hydrogens (primary N) is 2. The number of hydrogen-bond donors (Lipinski definition) is 3. The third-order valence-corrected chi connectivity index (χ3v) is 6.46. The molecule has 6 heteroatoms. The van der Waals surface area contributed by atoms with E-state index in [-0.39, 0.29) is 5.54 Å². The van der Waals surface area contributed by atoms with Gasteiger partial charge in [0, 0.05) is 17.8 Å². The fourth-order valence-corrected chi connectivity index (χ4v) is 5.82. The summed E-state index contributed by atoms with van der Waals surface area (Å²) in [6.45, 7) is 0. The highest BCUT2D eigenvalue weighted by atomic mass is 16.1. The first kappa shape index (κ1) is 14.3. The van der Waals surface area contributed by atoms with Gasteiger partial charge in [-0.25, -0.2) is 4.52 Å². The van der Waals surface area contributed by atoms with Crippen molar-refractivity contribution < 1.29 is 4.79 Å². The van der Waals surface area contributed by atoms with Crippen LogP contribution in [0.3, 0.4) is 0 Å². The zero-order valence-corrected chi connectivity index (χ0v) is 13.6. The van der Waals surface area contributed by atoms with E-state index in [4.69, 9.17) is 11.5 Å². The van der Waals surface area contributed by atoms with E-state index in [9.17, 15) is 4.79 Å². The number of fused-ring (bicyclic) bond motifs is 1. The molecule has 2 aromatic rings. The van der Waals surface area contributed by atoms with Crippen molar-refractivity contribution in [2.75, 3.05) is 5.32 Å². The van der Waals surface area contributed by atoms with Gasteiger partial charge in [-0.2, -0.15) is 5.10 Å². The van der Waals surface area contributed by atoms with Gasteiger partial charge in [0.1, 0.15) is 0 Å². The first-order chi connectivity index (χ1) is 11.5. The summed E-state index contributed by atoms with van der Waals surface area (Å²) >= 11 is 0. The lowest BCUT2D eigenvalue weighted by atomic mass is 9.51. The van der Waals surface area contributed by atoms with Crippen LogP contribution in [0.4, 0.5) is 5.69 Å². The van der Waals surface area contributed by atoms with Crippen LogP contribution in [0.25, 0.3) is 5.52 Å². The van der Waals surface area contributed by atoms with E-state index in [0.717, 1.165) is 30.0 Å². The Hall–Kier alpha value is -2.08. The second kappa shape index (κ2) is 4.72. The van der Waals surface area contributed by atoms with Gasteiger partial charge in [0.2, 0.25) is 0 Å². The molecule has 5 N–H and O–H groups in total. The van der Waals surface area contributed by atoms with E-state index in [2.05, 4.69) is 10.4 Å². The lowest BCUT2D eigenvalue weighted by Crippen LogP contribution is -2.62. The lowest BCUT2D eigenvalue weighted by Gasteiger charge is -2.59. The van der Waals surface area contributed by atoms with E-state index in [1.807, 2.05) is 18.3 Å². The van der Waals surface area contributed by atoms with E-state index < -0.39 is 5.91 Å². The van der Waals surface area contributed by atoms with Crippen LogP contribution in [0.15, 0.2) is 24.5 Å². The Balaban J connectivity index is 1.54. The number of carbonyl (C=O) groups excluding carboxylic acids is 1. The summed E-state index contributed by atoms with van der Waals surface area (Å²) in [5.74, 6) is 1.52. The van der Waals surface area contributed by atoms with Gasteiger partial charge < -0.3 is 16.8 Å². The van der Waals surface area contributed by atoms with Crippen LogP contribution in [0.5, 0.6) is 0 Å². The highest BCUT2D eigenvalue weighted by Crippen LogP contribution is 2.55. The van der Waals surface area contributed by atoms with Gasteiger partial charge in [-0.1, -0.05) is 0 Å². The number of carbonyl (C=O) groups is 1. The van der Waals surface area contributed by atoms with Crippen molar-refractivity contribution >= 4 is 17.1 Å². The molecule has 2 heterocycles. The molecule has 0 saturated heterocycles. The third kappa shape index (κ3) is 1.99. The van der Waals surface area contributed by atoms with Crippen LogP contribution in [-0.4, -0.2) is 27.1 Å². The Morgan fingerprint density at radius 3 is 2.71 bits per heavy atom. The number of nitrogens with one attached hydrogen (secondary N) is 1. The fourth-order valence-electron chi connectivity index (χ4n) is 5.82. The summed E-state index contributed by atoms with van der Waals surface area (Å²) in [4.78, 5) is 11.9. The van der Waals surface area contributed by atoms with Crippen LogP contribution in [0, 0.1) is 17.8 Å². The molecule has 4 bridgehead atoms. The van der Waals surface area contributed by atoms with E-state index >= 15 is 0 Å². The van der Waals surface area contributed by atoms with Crippen molar-refractivity contribution in [3.05, 3.63) is 30.1 Å². The highest BCUT2D eigenvalue weighted by Gasteiger charge is 2.53. The number of rotatable bonds is 3. The number of hydrogen-bond acceptors (Lipinski definition) is 4. The van der Waals surface area contributed by atoms with E-state index in [1.165, 1.54) is 19.3 Å². The van der Waals surface area contributed by atoms with Gasteiger partial charge in [0.25, 0.3) is 5.91 Å². The van der Waals surface area contributed by atoms with Gasteiger partial charge in [0.15, 0.2) is 0 Å². The summed E-state index contributed by atoms with van der Waals surface area (Å²) < 4.78 is 1.79. The Morgan fingerprint density at radius 2 is 2.04 bits per heavy atom. The molecule has 0 aliphatic heterocycles. The topological polar surface area (TPSA) is 98.4 Å². The normalized spacial score (nSPS) is 37.0. The Kier molecular flexibility index (Phi) is 2.81. The van der Waals surface area contributed by atoms with Gasteiger partial charge in [-0.3, -0.25) is 4.79 Å². The molecule has 4 fully saturated rings. The zero-order valence-electron chi connectivity index (χ0n) is 13.6. The van der Waals surface area contributed by atoms with Crippen molar-refractivity contribution in [3.63, 3.8) is 0 Å². The Morgan fingerprint density at radius 1 is 1.29 bits per heavy atom. The Labute approximate surface area is 140 Å². The molecule has 0 aromatic carbocycles. The number of anilines is 1. The standard InChI is InChI=1S/C18H23N5O/c19-17(24)13-9-21-23-3-1-2-14(23)16(13)22-15-11-4-10-5-12(15)8-18(20,6-10)7-11/h1-3,9-12,15,22H,4-8,20H2,(H2,19,24)/t10?,11-,12-,15?,18?/m0/s1. The van der Waals surface area contributed by atoms with Crippen LogP contribution in [0.1, 0.15) is 42.5 Å². The minimum absolute atomic E-state index is 0.0455. The van der Waals surface area contributed by atoms with Crippen molar-refractivity contribution in [1.29, 1.82) is 0 Å². The summed E-state index contributed by atoms with van der Waals surface area (Å²) in [6.07, 6.45) is 9.33. The molecule has 1 amide bonds. The molecule has 0 radical (unpaired) electrons. The molecule has 24 heavy (non-hydrogen) atoms. The summed E-state index contributed by atoms with van der Waals surface area (Å²) in [5, 5.41) is 7.98. The average Bonchev–Trinajstić information content (AvgIpc) is 2.97. The van der Waals surface area contributed by atoms with E-state index in [0.29, 0.717) is 23.4 Å². The first-order valence-corrected chi connectivity index (χ1v) is 8.84. The molecular weight excluding hydrogens is 302 g/mol. The third-order valence-electron chi connectivity index (χ3n) is 6.46. The summed E-state index contributed by atoms with van der Waals surface area (Å²) in [5.41, 5.74) is 14.5. The zero-order chi connectivity index (χ0) is 16.5. The van der Waals surface area contributed by atoms with Gasteiger partial charge in [-0.05, 0) is 62.0 Å². The Bertz CT molecular complexity index is 812. The molecule has 4 aliphatic rings. The molecule has 6 rings (SSSR count). The van der Waals surface area contributed by atoms with Crippen molar-refractivity contribution in [2.45, 2.75) is 43.7 Å². The number of primary amides is 1. The minimum Gasteiger partial charge on any atom is -0.379 e. The number of aromatic nitrogens is 2. The van der Waals surface area contributed by atoms with Crippen LogP contribution in [-0.2, 0) is 0 Å². The molecule has 0 spiro atoms. The number of amides is 1. The lowest BCUT2D eigenvalue weighted by molar-refractivity contribution is -0.0107. The van der Waals surface area contributed by atoms with Gasteiger partial charge in [0.05, 0.1) is 23.0 Å². The fraction of sp³-hybridized carbons (Fsp3) is 0.556. The maximum atomic E-state index is 11.9. The smallest absolute Gasteiger partial charge is 0.252 e. The second-order valence-electron chi connectivity index (χ2n) is 8.14. The largest absolute Gasteiger partial charge is 0.379 e. The highest BCUT2D eigenvalue weighted by molar-refractivity contribution is 6.01. The molecule has 4 saturated carbocycles. The molecular formula is C18H23N5O. The predicted molar refractivity (Wildman–Crippen MR) is 91.6 cm³/mol. The van der Waals surface area contributed by atoms with Crippen LogP contribution >= 0.6 is 0 Å². The summed E-state index contributed by atoms with van der Waals surface area (Å²) in [6, 6.07) is 4.28. The molecule has 0 unspecified atom stereocenters. The molecule has 4 aliphatic carbocycles. The van der Waals surface area contributed by atoms with Crippen molar-refractivity contribution in [1.82, 2.24) is 9.61 Å². The first-order valence-electron chi connectivity index (χ1n) is 8.84. The van der Waals surface area contributed by atoms with Crippen molar-refractivity contribution in [3.8, 4) is 0 Å². The SMILES string of the molecule is NC(=O)c1cnn2cccc2c1NC1[C@H]2CC3C[C@H]1CC(N)(C3)C2. The molecule has 126 valence electrons. The maximum absolute atomic E-state index is 11.9. The predicted octanol–water partition coefficient (Wildman–Crippen LogP) is 1.75. The molecule has 2 atom stereocenters. The van der Waals surface area contributed by atoms with Crippen LogP contribution < -0.4 is 16.8 Å². The van der Waals surface area contributed by atoms with Gasteiger partial charge in [-0.15, -0.1) is 0 Å². The van der Waals surface area contributed by atoms with Crippen molar-refractivity contribution in [2.24, 2.45) is 29.2 Å². The van der Waals surface area contributed by atoms with Crippen LogP contribution in [0.2, 0.25) is 0 Å². The molecule has 2 aromatic heterocycles. The minimum atomic E-state index is -0.437. The average molecular weight is 325 g/mol. The van der Waals surface area contributed by atoms with Gasteiger partial charge >= 0.3 is 0 Å². The quantitative estimate of drug-likeness (QED) is 0.800. The molecule has 6 nitrogen and oxygen atoms in total. The maximum Gasteiger partial charge on any atom is 0.252 e. The monoisotopic (exact) mass is 325 g/mol. The summed E-state index contributed by atoms with van der Waals surface area (Å²) in [7, 11) is 0. The van der Waals surface area contributed by atoms with E-state index in [1.54, 1.807) is 10.7 Å².